The largest absolute Gasteiger partial charge is 0.478 e. The Labute approximate surface area is 125 Å². The van der Waals surface area contributed by atoms with Gasteiger partial charge in [0, 0.05) is 0 Å². The molecule has 0 fully saturated rings. The van der Waals surface area contributed by atoms with Gasteiger partial charge in [-0.3, -0.25) is 0 Å². The van der Waals surface area contributed by atoms with Crippen molar-refractivity contribution in [3.05, 3.63) is 64.4 Å². The summed E-state index contributed by atoms with van der Waals surface area (Å²) < 4.78 is 37.8. The van der Waals surface area contributed by atoms with E-state index in [1.54, 1.807) is 0 Å². The predicted molar refractivity (Wildman–Crippen MR) is 75.7 cm³/mol. The third kappa shape index (κ3) is 3.59. The molecule has 0 aromatic heterocycles. The van der Waals surface area contributed by atoms with Gasteiger partial charge < -0.3 is 5.11 Å². The Hall–Kier alpha value is -1.92. The molecule has 0 saturated heterocycles. The van der Waals surface area contributed by atoms with Gasteiger partial charge in [-0.05, 0) is 35.9 Å². The highest BCUT2D eigenvalue weighted by molar-refractivity contribution is 7.90. The highest BCUT2D eigenvalue weighted by Gasteiger charge is 2.18. The molecule has 0 bridgehead atoms. The standard InChI is InChI=1S/C14H10ClFO4S/c15-12-5-4-9(6-13(12)16)8-21(19,20)11-3-1-2-10(7-11)14(17)18/h1-7H,8H2,(H,17,18). The van der Waals surface area contributed by atoms with Crippen molar-refractivity contribution in [2.45, 2.75) is 10.6 Å². The summed E-state index contributed by atoms with van der Waals surface area (Å²) in [5.41, 5.74) is 0.107. The lowest BCUT2D eigenvalue weighted by Crippen LogP contribution is -2.07. The maximum atomic E-state index is 13.3. The van der Waals surface area contributed by atoms with Gasteiger partial charge in [0.1, 0.15) is 5.82 Å². The number of sulfone groups is 1. The van der Waals surface area contributed by atoms with Crippen LogP contribution < -0.4 is 0 Å². The summed E-state index contributed by atoms with van der Waals surface area (Å²) in [5, 5.41) is 8.78. The normalized spacial score (nSPS) is 11.3. The van der Waals surface area contributed by atoms with Gasteiger partial charge in [0.25, 0.3) is 0 Å². The lowest BCUT2D eigenvalue weighted by molar-refractivity contribution is 0.0696. The number of carbonyl (C=O) groups is 1. The van der Waals surface area contributed by atoms with E-state index in [9.17, 15) is 17.6 Å². The minimum atomic E-state index is -3.77. The van der Waals surface area contributed by atoms with Crippen LogP contribution in [0, 0.1) is 5.82 Å². The van der Waals surface area contributed by atoms with E-state index in [1.165, 1.54) is 30.3 Å². The molecular formula is C14H10ClFO4S. The zero-order valence-corrected chi connectivity index (χ0v) is 12.2. The Morgan fingerprint density at radius 3 is 2.52 bits per heavy atom. The molecule has 2 aromatic rings. The minimum absolute atomic E-state index is 0.0935. The number of carboxylic acids is 1. The van der Waals surface area contributed by atoms with Gasteiger partial charge in [-0.1, -0.05) is 23.7 Å². The van der Waals surface area contributed by atoms with Gasteiger partial charge in [0.05, 0.1) is 21.2 Å². The fraction of sp³-hybridized carbons (Fsp3) is 0.0714. The predicted octanol–water partition coefficient (Wildman–Crippen LogP) is 3.15. The van der Waals surface area contributed by atoms with Crippen LogP contribution in [0.1, 0.15) is 15.9 Å². The second-order valence-electron chi connectivity index (χ2n) is 4.34. The Balaban J connectivity index is 2.36. The van der Waals surface area contributed by atoms with Crippen LogP contribution in [0.25, 0.3) is 0 Å². The summed E-state index contributed by atoms with van der Waals surface area (Å²) in [4.78, 5) is 10.7. The van der Waals surface area contributed by atoms with E-state index in [4.69, 9.17) is 16.7 Å². The van der Waals surface area contributed by atoms with Gasteiger partial charge in [0.15, 0.2) is 9.84 Å². The lowest BCUT2D eigenvalue weighted by Gasteiger charge is -2.06. The van der Waals surface area contributed by atoms with E-state index in [0.29, 0.717) is 0 Å². The van der Waals surface area contributed by atoms with Crippen LogP contribution in [0.15, 0.2) is 47.4 Å². The molecule has 0 heterocycles. The molecule has 21 heavy (non-hydrogen) atoms. The zero-order chi connectivity index (χ0) is 15.6. The summed E-state index contributed by atoms with van der Waals surface area (Å²) in [7, 11) is -3.77. The molecule has 0 spiro atoms. The van der Waals surface area contributed by atoms with Crippen LogP contribution >= 0.6 is 11.6 Å². The highest BCUT2D eigenvalue weighted by atomic mass is 35.5. The quantitative estimate of drug-likeness (QED) is 0.935. The molecule has 0 saturated carbocycles. The number of benzene rings is 2. The lowest BCUT2D eigenvalue weighted by atomic mass is 10.2. The molecule has 0 unspecified atom stereocenters. The van der Waals surface area contributed by atoms with E-state index >= 15 is 0 Å². The summed E-state index contributed by atoms with van der Waals surface area (Å²) in [6.45, 7) is 0. The third-order valence-electron chi connectivity index (χ3n) is 2.78. The molecule has 2 rings (SSSR count). The molecule has 0 aliphatic carbocycles. The summed E-state index contributed by atoms with van der Waals surface area (Å²) >= 11 is 5.53. The molecule has 110 valence electrons. The Morgan fingerprint density at radius 1 is 1.19 bits per heavy atom. The van der Waals surface area contributed by atoms with Crippen molar-refractivity contribution in [1.82, 2.24) is 0 Å². The van der Waals surface area contributed by atoms with E-state index in [0.717, 1.165) is 12.1 Å². The van der Waals surface area contributed by atoms with Crippen molar-refractivity contribution in [2.75, 3.05) is 0 Å². The minimum Gasteiger partial charge on any atom is -0.478 e. The second kappa shape index (κ2) is 5.83. The number of hydrogen-bond acceptors (Lipinski definition) is 3. The van der Waals surface area contributed by atoms with Gasteiger partial charge in [-0.15, -0.1) is 0 Å². The van der Waals surface area contributed by atoms with Crippen molar-refractivity contribution in [1.29, 1.82) is 0 Å². The van der Waals surface area contributed by atoms with E-state index in [1.807, 2.05) is 0 Å². The van der Waals surface area contributed by atoms with Gasteiger partial charge in [0.2, 0.25) is 0 Å². The monoisotopic (exact) mass is 328 g/mol. The zero-order valence-electron chi connectivity index (χ0n) is 10.6. The Kier molecular flexibility index (Phi) is 4.29. The molecule has 0 aliphatic rings. The average molecular weight is 329 g/mol. The molecule has 4 nitrogen and oxygen atoms in total. The number of hydrogen-bond donors (Lipinski definition) is 1. The molecular weight excluding hydrogens is 319 g/mol. The smallest absolute Gasteiger partial charge is 0.335 e. The maximum Gasteiger partial charge on any atom is 0.335 e. The first-order chi connectivity index (χ1) is 9.79. The van der Waals surface area contributed by atoms with Crippen LogP contribution in [0.2, 0.25) is 5.02 Å². The second-order valence-corrected chi connectivity index (χ2v) is 6.74. The number of halogens is 2. The van der Waals surface area contributed by atoms with Crippen molar-refractivity contribution in [3.8, 4) is 0 Å². The van der Waals surface area contributed by atoms with Crippen LogP contribution in [0.3, 0.4) is 0 Å². The first-order valence-corrected chi connectivity index (χ1v) is 7.83. The Morgan fingerprint density at radius 2 is 1.90 bits per heavy atom. The molecule has 0 radical (unpaired) electrons. The average Bonchev–Trinajstić information content (AvgIpc) is 2.43. The summed E-state index contributed by atoms with van der Waals surface area (Å²) in [6.07, 6.45) is 0. The van der Waals surface area contributed by atoms with Gasteiger partial charge in [-0.25, -0.2) is 17.6 Å². The number of carboxylic acid groups (broad SMARTS) is 1. The molecule has 2 aromatic carbocycles. The summed E-state index contributed by atoms with van der Waals surface area (Å²) in [6, 6.07) is 8.74. The van der Waals surface area contributed by atoms with Crippen molar-refractivity contribution in [2.24, 2.45) is 0 Å². The van der Waals surface area contributed by atoms with Crippen LogP contribution in [-0.2, 0) is 15.6 Å². The molecule has 0 amide bonds. The van der Waals surface area contributed by atoms with Gasteiger partial charge in [-0.2, -0.15) is 0 Å². The first-order valence-electron chi connectivity index (χ1n) is 5.79. The van der Waals surface area contributed by atoms with Crippen LogP contribution in [-0.4, -0.2) is 19.5 Å². The molecule has 0 aliphatic heterocycles. The fourth-order valence-corrected chi connectivity index (χ4v) is 3.25. The summed E-state index contributed by atoms with van der Waals surface area (Å²) in [5.74, 6) is -2.36. The van der Waals surface area contributed by atoms with Crippen molar-refractivity contribution >= 4 is 27.4 Å². The third-order valence-corrected chi connectivity index (χ3v) is 4.77. The van der Waals surface area contributed by atoms with Crippen molar-refractivity contribution < 1.29 is 22.7 Å². The number of rotatable bonds is 4. The molecule has 7 heteroatoms. The highest BCUT2D eigenvalue weighted by Crippen LogP contribution is 2.21. The van der Waals surface area contributed by atoms with Crippen LogP contribution in [0.4, 0.5) is 4.39 Å². The van der Waals surface area contributed by atoms with E-state index < -0.39 is 27.4 Å². The number of aromatic carboxylic acids is 1. The molecule has 0 atom stereocenters. The fourth-order valence-electron chi connectivity index (χ4n) is 1.75. The van der Waals surface area contributed by atoms with Gasteiger partial charge >= 0.3 is 5.97 Å². The topological polar surface area (TPSA) is 71.4 Å². The van der Waals surface area contributed by atoms with Crippen LogP contribution in [0.5, 0.6) is 0 Å². The maximum absolute atomic E-state index is 13.3. The first kappa shape index (κ1) is 15.5. The Bertz CT molecular complexity index is 802. The molecule has 1 N–H and O–H groups in total. The SMILES string of the molecule is O=C(O)c1cccc(S(=O)(=O)Cc2ccc(Cl)c(F)c2)c1. The van der Waals surface area contributed by atoms with E-state index in [-0.39, 0.29) is 21.0 Å². The van der Waals surface area contributed by atoms with Crippen molar-refractivity contribution in [3.63, 3.8) is 0 Å². The van der Waals surface area contributed by atoms with E-state index in [2.05, 4.69) is 0 Å².